The summed E-state index contributed by atoms with van der Waals surface area (Å²) < 4.78 is 1.59. The molecule has 1 aromatic carbocycles. The number of fused-ring (bicyclic) bond motifs is 1. The number of aromatic nitrogens is 2. The molecule has 2 N–H and O–H groups in total. The van der Waals surface area contributed by atoms with Gasteiger partial charge in [0.05, 0.1) is 11.6 Å². The van der Waals surface area contributed by atoms with E-state index in [4.69, 9.17) is 0 Å². The summed E-state index contributed by atoms with van der Waals surface area (Å²) in [5.74, 6) is -1.57. The fourth-order valence-corrected chi connectivity index (χ4v) is 2.78. The van der Waals surface area contributed by atoms with Crippen LogP contribution in [0.3, 0.4) is 0 Å². The van der Waals surface area contributed by atoms with Gasteiger partial charge in [-0.3, -0.25) is 9.48 Å². The highest BCUT2D eigenvalue weighted by molar-refractivity contribution is 6.06. The van der Waals surface area contributed by atoms with Crippen LogP contribution < -0.4 is 0 Å². The first-order chi connectivity index (χ1) is 9.99. The van der Waals surface area contributed by atoms with Gasteiger partial charge < -0.3 is 15.1 Å². The van der Waals surface area contributed by atoms with Gasteiger partial charge in [0, 0.05) is 25.4 Å². The Labute approximate surface area is 120 Å². The number of aliphatic carboxylic acids is 1. The third-order valence-electron chi connectivity index (χ3n) is 3.79. The fraction of sp³-hybridized carbons (Fsp3) is 0.357. The molecule has 0 aliphatic carbocycles. The third kappa shape index (κ3) is 2.15. The second-order valence-electron chi connectivity index (χ2n) is 5.19. The molecule has 1 saturated heterocycles. The zero-order valence-electron chi connectivity index (χ0n) is 11.4. The number of hydrogen-bond donors (Lipinski definition) is 2. The van der Waals surface area contributed by atoms with E-state index in [1.54, 1.807) is 23.9 Å². The summed E-state index contributed by atoms with van der Waals surface area (Å²) in [5, 5.41) is 23.7. The van der Waals surface area contributed by atoms with Crippen LogP contribution >= 0.6 is 0 Å². The van der Waals surface area contributed by atoms with Crippen LogP contribution in [0.5, 0.6) is 0 Å². The van der Waals surface area contributed by atoms with E-state index in [9.17, 15) is 19.8 Å². The predicted octanol–water partition coefficient (Wildman–Crippen LogP) is 0.233. The zero-order valence-corrected chi connectivity index (χ0v) is 11.4. The molecule has 0 saturated carbocycles. The summed E-state index contributed by atoms with van der Waals surface area (Å²) in [6.07, 6.45) is -0.767. The Morgan fingerprint density at radius 1 is 1.33 bits per heavy atom. The zero-order chi connectivity index (χ0) is 15.1. The molecule has 2 atom stereocenters. The minimum atomic E-state index is -1.11. The number of likely N-dealkylation sites (tertiary alicyclic amines) is 1. The lowest BCUT2D eigenvalue weighted by atomic mass is 10.1. The molecule has 2 aromatic rings. The fourth-order valence-electron chi connectivity index (χ4n) is 2.78. The molecule has 0 radical (unpaired) electrons. The number of carboxylic acids is 1. The number of carbonyl (C=O) groups excluding carboxylic acids is 1. The van der Waals surface area contributed by atoms with Gasteiger partial charge in [-0.05, 0) is 6.07 Å². The molecular formula is C14H15N3O4. The van der Waals surface area contributed by atoms with Crippen molar-refractivity contribution in [3.8, 4) is 0 Å². The normalized spacial score (nSPS) is 21.9. The minimum Gasteiger partial charge on any atom is -0.480 e. The molecule has 1 amide bonds. The highest BCUT2D eigenvalue weighted by Crippen LogP contribution is 2.24. The average Bonchev–Trinajstić information content (AvgIpc) is 3.00. The third-order valence-corrected chi connectivity index (χ3v) is 3.79. The molecule has 1 aromatic heterocycles. The summed E-state index contributed by atoms with van der Waals surface area (Å²) >= 11 is 0. The maximum Gasteiger partial charge on any atom is 0.326 e. The number of nitrogens with zero attached hydrogens (tertiary/aromatic N) is 3. The Bertz CT molecular complexity index is 724. The van der Waals surface area contributed by atoms with E-state index in [0.29, 0.717) is 5.39 Å². The summed E-state index contributed by atoms with van der Waals surface area (Å²) in [6, 6.07) is 6.25. The van der Waals surface area contributed by atoms with E-state index in [-0.39, 0.29) is 18.7 Å². The lowest BCUT2D eigenvalue weighted by Crippen LogP contribution is -2.40. The van der Waals surface area contributed by atoms with Gasteiger partial charge in [-0.25, -0.2) is 4.79 Å². The average molecular weight is 289 g/mol. The quantitative estimate of drug-likeness (QED) is 0.825. The number of aryl methyl sites for hydroxylation is 1. The van der Waals surface area contributed by atoms with Crippen LogP contribution in [0.2, 0.25) is 0 Å². The van der Waals surface area contributed by atoms with Gasteiger partial charge in [0.25, 0.3) is 5.91 Å². The van der Waals surface area contributed by atoms with Crippen LogP contribution in [0.15, 0.2) is 24.3 Å². The molecule has 7 nitrogen and oxygen atoms in total. The highest BCUT2D eigenvalue weighted by atomic mass is 16.4. The number of β-amino-alcohol motifs (C(OH)–C–C–N with tert-alkyl or cyclic N) is 1. The van der Waals surface area contributed by atoms with Gasteiger partial charge in [0.15, 0.2) is 5.69 Å². The number of aliphatic hydroxyl groups is 1. The number of rotatable bonds is 2. The van der Waals surface area contributed by atoms with Gasteiger partial charge in [0.2, 0.25) is 0 Å². The molecular weight excluding hydrogens is 274 g/mol. The standard InChI is InChI=1S/C14H15N3O4/c1-16-10-5-3-2-4-9(10)12(15-16)13(19)17-7-8(18)6-11(17)14(20)21/h2-5,8,11,18H,6-7H2,1H3,(H,20,21)/t8?,11-/m0/s1. The molecule has 3 rings (SSSR count). The van der Waals surface area contributed by atoms with Crippen LogP contribution in [0, 0.1) is 0 Å². The van der Waals surface area contributed by atoms with E-state index < -0.39 is 24.0 Å². The van der Waals surface area contributed by atoms with Crippen molar-refractivity contribution >= 4 is 22.8 Å². The summed E-state index contributed by atoms with van der Waals surface area (Å²) in [7, 11) is 1.73. The van der Waals surface area contributed by atoms with Crippen molar-refractivity contribution in [3.63, 3.8) is 0 Å². The number of para-hydroxylation sites is 1. The topological polar surface area (TPSA) is 95.7 Å². The van der Waals surface area contributed by atoms with Gasteiger partial charge in [-0.15, -0.1) is 0 Å². The van der Waals surface area contributed by atoms with Crippen LogP contribution in [0.1, 0.15) is 16.9 Å². The van der Waals surface area contributed by atoms with Crippen molar-refractivity contribution in [2.45, 2.75) is 18.6 Å². The molecule has 21 heavy (non-hydrogen) atoms. The van der Waals surface area contributed by atoms with Crippen molar-refractivity contribution in [1.82, 2.24) is 14.7 Å². The van der Waals surface area contributed by atoms with E-state index >= 15 is 0 Å². The van der Waals surface area contributed by atoms with Crippen LogP contribution in [-0.2, 0) is 11.8 Å². The first-order valence-electron chi connectivity index (χ1n) is 6.62. The van der Waals surface area contributed by atoms with E-state index in [1.807, 2.05) is 12.1 Å². The molecule has 1 aliphatic rings. The highest BCUT2D eigenvalue weighted by Gasteiger charge is 2.40. The first kappa shape index (κ1) is 13.6. The van der Waals surface area contributed by atoms with Crippen molar-refractivity contribution in [2.75, 3.05) is 6.54 Å². The number of aliphatic hydroxyl groups excluding tert-OH is 1. The van der Waals surface area contributed by atoms with Crippen molar-refractivity contribution in [3.05, 3.63) is 30.0 Å². The summed E-state index contributed by atoms with van der Waals surface area (Å²) in [5.41, 5.74) is 1.01. The lowest BCUT2D eigenvalue weighted by Gasteiger charge is -2.20. The minimum absolute atomic E-state index is 0.0146. The molecule has 2 heterocycles. The Morgan fingerprint density at radius 3 is 2.76 bits per heavy atom. The number of carboxylic acid groups (broad SMARTS) is 1. The van der Waals surface area contributed by atoms with E-state index in [2.05, 4.69) is 5.10 Å². The molecule has 1 unspecified atom stereocenters. The monoisotopic (exact) mass is 289 g/mol. The Kier molecular flexibility index (Phi) is 3.13. The molecule has 7 heteroatoms. The Morgan fingerprint density at radius 2 is 2.05 bits per heavy atom. The molecule has 0 bridgehead atoms. The molecule has 110 valence electrons. The predicted molar refractivity (Wildman–Crippen MR) is 73.8 cm³/mol. The first-order valence-corrected chi connectivity index (χ1v) is 6.62. The molecule has 1 fully saturated rings. The second kappa shape index (κ2) is 4.85. The maximum absolute atomic E-state index is 12.6. The van der Waals surface area contributed by atoms with Crippen molar-refractivity contribution in [2.24, 2.45) is 7.05 Å². The number of carbonyl (C=O) groups is 2. The van der Waals surface area contributed by atoms with Gasteiger partial charge >= 0.3 is 5.97 Å². The van der Waals surface area contributed by atoms with Crippen LogP contribution in [-0.4, -0.2) is 55.5 Å². The number of hydrogen-bond acceptors (Lipinski definition) is 4. The summed E-state index contributed by atoms with van der Waals surface area (Å²) in [6.45, 7) is 0.0146. The number of benzene rings is 1. The van der Waals surface area contributed by atoms with Gasteiger partial charge in [0.1, 0.15) is 6.04 Å². The Balaban J connectivity index is 2.02. The van der Waals surface area contributed by atoms with Gasteiger partial charge in [-0.2, -0.15) is 5.10 Å². The Hall–Kier alpha value is -2.41. The van der Waals surface area contributed by atoms with Crippen LogP contribution in [0.4, 0.5) is 0 Å². The number of amides is 1. The lowest BCUT2D eigenvalue weighted by molar-refractivity contribution is -0.141. The summed E-state index contributed by atoms with van der Waals surface area (Å²) in [4.78, 5) is 25.0. The van der Waals surface area contributed by atoms with Crippen molar-refractivity contribution < 1.29 is 19.8 Å². The molecule has 1 aliphatic heterocycles. The second-order valence-corrected chi connectivity index (χ2v) is 5.19. The van der Waals surface area contributed by atoms with E-state index in [1.165, 1.54) is 4.90 Å². The van der Waals surface area contributed by atoms with Crippen molar-refractivity contribution in [1.29, 1.82) is 0 Å². The van der Waals surface area contributed by atoms with Gasteiger partial charge in [-0.1, -0.05) is 18.2 Å². The smallest absolute Gasteiger partial charge is 0.326 e. The molecule has 0 spiro atoms. The SMILES string of the molecule is Cn1nc(C(=O)N2CC(O)C[C@H]2C(=O)O)c2ccccc21. The van der Waals surface area contributed by atoms with E-state index in [0.717, 1.165) is 5.52 Å². The van der Waals surface area contributed by atoms with Crippen LogP contribution in [0.25, 0.3) is 10.9 Å². The maximum atomic E-state index is 12.6. The largest absolute Gasteiger partial charge is 0.480 e.